The zero-order chi connectivity index (χ0) is 31.1. The fraction of sp³-hybridized carbons (Fsp3) is 0.483. The van der Waals surface area contributed by atoms with Crippen LogP contribution in [0, 0.1) is 0 Å². The summed E-state index contributed by atoms with van der Waals surface area (Å²) in [6, 6.07) is 8.23. The van der Waals surface area contributed by atoms with Crippen LogP contribution in [0.2, 0.25) is 0 Å². The van der Waals surface area contributed by atoms with Crippen LogP contribution in [-0.4, -0.2) is 74.1 Å². The van der Waals surface area contributed by atoms with Crippen LogP contribution in [0.5, 0.6) is 11.5 Å². The highest BCUT2D eigenvalue weighted by Gasteiger charge is 2.53. The Morgan fingerprint density at radius 3 is 1.93 bits per heavy atom. The lowest BCUT2D eigenvalue weighted by Gasteiger charge is -2.43. The molecule has 0 saturated carbocycles. The lowest BCUT2D eigenvalue weighted by Crippen LogP contribution is -2.63. The third-order valence-electron chi connectivity index (χ3n) is 6.04. The molecule has 2 aromatic rings. The van der Waals surface area contributed by atoms with E-state index in [4.69, 9.17) is 33.2 Å². The zero-order valence-corrected chi connectivity index (χ0v) is 25.2. The van der Waals surface area contributed by atoms with E-state index in [1.165, 1.54) is 25.4 Å². The van der Waals surface area contributed by atoms with Gasteiger partial charge < -0.3 is 33.2 Å². The van der Waals surface area contributed by atoms with Gasteiger partial charge in [-0.3, -0.25) is 24.0 Å². The van der Waals surface area contributed by atoms with Gasteiger partial charge in [0.25, 0.3) is 0 Å². The van der Waals surface area contributed by atoms with E-state index < -0.39 is 61.2 Å². The largest absolute Gasteiger partial charge is 0.497 e. The van der Waals surface area contributed by atoms with Crippen molar-refractivity contribution in [3.05, 3.63) is 45.6 Å². The molecule has 1 aromatic carbocycles. The lowest BCUT2D eigenvalue weighted by molar-refractivity contribution is -0.288. The minimum Gasteiger partial charge on any atom is -0.497 e. The number of thiophene rings is 1. The normalized spacial score (nSPS) is 21.7. The Bertz CT molecular complexity index is 1300. The first-order valence-electron chi connectivity index (χ1n) is 13.1. The molecular formula is C29H34O12S. The number of ether oxygens (including phenoxy) is 7. The Kier molecular flexibility index (Phi) is 11.1. The van der Waals surface area contributed by atoms with Crippen molar-refractivity contribution in [1.82, 2.24) is 0 Å². The molecule has 3 rings (SSSR count). The summed E-state index contributed by atoms with van der Waals surface area (Å²) in [5.74, 6) is -2.52. The summed E-state index contributed by atoms with van der Waals surface area (Å²) in [7, 11) is 1.52. The number of hydrogen-bond acceptors (Lipinski definition) is 13. The molecule has 13 heteroatoms. The number of methoxy groups -OCH3 is 1. The topological polar surface area (TPSA) is 150 Å². The summed E-state index contributed by atoms with van der Waals surface area (Å²) >= 11 is 1.23. The molecular weight excluding hydrogens is 572 g/mol. The van der Waals surface area contributed by atoms with Gasteiger partial charge in [-0.25, -0.2) is 0 Å². The van der Waals surface area contributed by atoms with Crippen LogP contribution in [0.4, 0.5) is 0 Å². The molecule has 1 aliphatic rings. The number of esters is 4. The molecule has 5 atom stereocenters. The fourth-order valence-corrected chi connectivity index (χ4v) is 5.26. The molecule has 42 heavy (non-hydrogen) atoms. The van der Waals surface area contributed by atoms with Crippen molar-refractivity contribution in [2.24, 2.45) is 0 Å². The SMILES string of the molecule is COc1ccc(C(=O)c2sc(C(C)C)cc2OC2OC(COC(C)=O)C(OC(C)=O)C(OC(C)=O)C2OC(C)=O)cc1. The third-order valence-corrected chi connectivity index (χ3v) is 7.45. The Balaban J connectivity index is 2.08. The van der Waals surface area contributed by atoms with Crippen LogP contribution in [0.3, 0.4) is 0 Å². The van der Waals surface area contributed by atoms with E-state index in [0.717, 1.165) is 25.6 Å². The molecule has 1 aromatic heterocycles. The van der Waals surface area contributed by atoms with Gasteiger partial charge in [0.15, 0.2) is 12.2 Å². The number of benzene rings is 1. The van der Waals surface area contributed by atoms with Crippen LogP contribution < -0.4 is 9.47 Å². The molecule has 0 N–H and O–H groups in total. The maximum atomic E-state index is 13.6. The first kappa shape index (κ1) is 32.5. The molecule has 228 valence electrons. The van der Waals surface area contributed by atoms with E-state index in [1.807, 2.05) is 13.8 Å². The number of hydrogen-bond donors (Lipinski definition) is 0. The van der Waals surface area contributed by atoms with Gasteiger partial charge in [-0.05, 0) is 36.2 Å². The Morgan fingerprint density at radius 1 is 0.833 bits per heavy atom. The van der Waals surface area contributed by atoms with Crippen molar-refractivity contribution < 1.29 is 57.1 Å². The predicted octanol–water partition coefficient (Wildman–Crippen LogP) is 3.57. The minimum absolute atomic E-state index is 0.0326. The van der Waals surface area contributed by atoms with E-state index in [0.29, 0.717) is 11.3 Å². The maximum Gasteiger partial charge on any atom is 0.303 e. The molecule has 2 heterocycles. The highest BCUT2D eigenvalue weighted by atomic mass is 32.1. The third kappa shape index (κ3) is 8.29. The van der Waals surface area contributed by atoms with Crippen LogP contribution in [-0.2, 0) is 42.9 Å². The van der Waals surface area contributed by atoms with Gasteiger partial charge in [-0.2, -0.15) is 0 Å². The van der Waals surface area contributed by atoms with Crippen molar-refractivity contribution in [3.8, 4) is 11.5 Å². The smallest absolute Gasteiger partial charge is 0.303 e. The summed E-state index contributed by atoms with van der Waals surface area (Å²) in [4.78, 5) is 62.5. The van der Waals surface area contributed by atoms with Crippen LogP contribution >= 0.6 is 11.3 Å². The Labute approximate surface area is 247 Å². The first-order chi connectivity index (χ1) is 19.8. The molecule has 1 saturated heterocycles. The highest BCUT2D eigenvalue weighted by Crippen LogP contribution is 2.38. The molecule has 1 aliphatic heterocycles. The van der Waals surface area contributed by atoms with Crippen molar-refractivity contribution in [1.29, 1.82) is 0 Å². The van der Waals surface area contributed by atoms with Gasteiger partial charge in [-0.15, -0.1) is 11.3 Å². The van der Waals surface area contributed by atoms with Gasteiger partial charge in [0.2, 0.25) is 18.2 Å². The number of rotatable bonds is 11. The summed E-state index contributed by atoms with van der Waals surface area (Å²) in [6.45, 7) is 8.06. The molecule has 0 bridgehead atoms. The summed E-state index contributed by atoms with van der Waals surface area (Å²) in [6.07, 6.45) is -6.83. The van der Waals surface area contributed by atoms with Gasteiger partial charge in [0.05, 0.1) is 7.11 Å². The average molecular weight is 607 g/mol. The van der Waals surface area contributed by atoms with Crippen molar-refractivity contribution in [3.63, 3.8) is 0 Å². The van der Waals surface area contributed by atoms with E-state index in [9.17, 15) is 24.0 Å². The quantitative estimate of drug-likeness (QED) is 0.209. The van der Waals surface area contributed by atoms with E-state index >= 15 is 0 Å². The predicted molar refractivity (Wildman–Crippen MR) is 147 cm³/mol. The molecule has 1 fully saturated rings. The molecule has 5 unspecified atom stereocenters. The molecule has 0 spiro atoms. The fourth-order valence-electron chi connectivity index (χ4n) is 4.20. The monoisotopic (exact) mass is 606 g/mol. The molecule has 0 aliphatic carbocycles. The molecule has 0 amide bonds. The van der Waals surface area contributed by atoms with Gasteiger partial charge >= 0.3 is 23.9 Å². The van der Waals surface area contributed by atoms with E-state index in [2.05, 4.69) is 0 Å². The second-order valence-electron chi connectivity index (χ2n) is 9.74. The Hall–Kier alpha value is -3.97. The summed E-state index contributed by atoms with van der Waals surface area (Å²) < 4.78 is 38.9. The van der Waals surface area contributed by atoms with Gasteiger partial charge in [-0.1, -0.05) is 13.8 Å². The zero-order valence-electron chi connectivity index (χ0n) is 24.4. The summed E-state index contributed by atoms with van der Waals surface area (Å²) in [5.41, 5.74) is 0.374. The number of carbonyl (C=O) groups is 5. The molecule has 0 radical (unpaired) electrons. The van der Waals surface area contributed by atoms with Crippen molar-refractivity contribution in [2.45, 2.75) is 78.2 Å². The van der Waals surface area contributed by atoms with Gasteiger partial charge in [0, 0.05) is 38.1 Å². The number of ketones is 1. The number of carbonyl (C=O) groups excluding carboxylic acids is 5. The lowest BCUT2D eigenvalue weighted by atomic mass is 9.98. The second kappa shape index (κ2) is 14.3. The average Bonchev–Trinajstić information content (AvgIpc) is 3.34. The van der Waals surface area contributed by atoms with E-state index in [-0.39, 0.29) is 22.3 Å². The highest BCUT2D eigenvalue weighted by molar-refractivity contribution is 7.14. The van der Waals surface area contributed by atoms with E-state index in [1.54, 1.807) is 30.3 Å². The van der Waals surface area contributed by atoms with Crippen molar-refractivity contribution >= 4 is 41.0 Å². The first-order valence-corrected chi connectivity index (χ1v) is 13.9. The van der Waals surface area contributed by atoms with Crippen LogP contribution in [0.25, 0.3) is 0 Å². The van der Waals surface area contributed by atoms with Crippen molar-refractivity contribution in [2.75, 3.05) is 13.7 Å². The maximum absolute atomic E-state index is 13.6. The second-order valence-corrected chi connectivity index (χ2v) is 10.8. The summed E-state index contributed by atoms with van der Waals surface area (Å²) in [5, 5.41) is 0. The molecule has 12 nitrogen and oxygen atoms in total. The van der Waals surface area contributed by atoms with Gasteiger partial charge in [0.1, 0.15) is 29.1 Å². The standard InChI is InChI=1S/C29H34O12S/c1-14(2)23-12-21(28(42-23)24(34)19-8-10-20(35-7)11-9-19)40-29-27(39-18(6)33)26(38-17(5)32)25(37-16(4)31)22(41-29)13-36-15(3)30/h8-12,14,22,25-27,29H,13H2,1-7H3. The Morgan fingerprint density at radius 2 is 1.40 bits per heavy atom. The van der Waals surface area contributed by atoms with Crippen LogP contribution in [0.1, 0.15) is 67.6 Å². The minimum atomic E-state index is -1.47. The van der Waals surface area contributed by atoms with Crippen LogP contribution in [0.15, 0.2) is 30.3 Å².